The lowest BCUT2D eigenvalue weighted by molar-refractivity contribution is 0.0938. The molecule has 1 saturated carbocycles. The van der Waals surface area contributed by atoms with Gasteiger partial charge in [0.2, 0.25) is 0 Å². The number of hydrogen-bond donors (Lipinski definition) is 1. The van der Waals surface area contributed by atoms with E-state index in [2.05, 4.69) is 56.8 Å². The lowest BCUT2D eigenvalue weighted by Gasteiger charge is -2.41. The van der Waals surface area contributed by atoms with Crippen LogP contribution in [0.2, 0.25) is 0 Å². The maximum atomic E-state index is 4.67. The highest BCUT2D eigenvalue weighted by Gasteiger charge is 2.36. The highest BCUT2D eigenvalue weighted by Crippen LogP contribution is 2.44. The Hall–Kier alpha value is -2.07. The Kier molecular flexibility index (Phi) is 4.52. The molecular weight excluding hydrogens is 332 g/mol. The summed E-state index contributed by atoms with van der Waals surface area (Å²) in [4.78, 5) is 11.2. The molecule has 2 aliphatic rings. The largest absolute Gasteiger partial charge is 0.357 e. The lowest BCUT2D eigenvalue weighted by Crippen LogP contribution is -2.40. The Balaban J connectivity index is 1.54. The molecule has 0 unspecified atom stereocenters. The number of rotatable bonds is 4. The van der Waals surface area contributed by atoms with Gasteiger partial charge in [0.1, 0.15) is 5.82 Å². The van der Waals surface area contributed by atoms with Crippen LogP contribution < -0.4 is 0 Å². The van der Waals surface area contributed by atoms with Gasteiger partial charge in [-0.15, -0.1) is 0 Å². The summed E-state index contributed by atoms with van der Waals surface area (Å²) >= 11 is 0. The van der Waals surface area contributed by atoms with E-state index in [4.69, 9.17) is 0 Å². The molecule has 142 valence electrons. The van der Waals surface area contributed by atoms with Crippen LogP contribution in [-0.2, 0) is 19.5 Å². The first-order valence-corrected chi connectivity index (χ1v) is 10.7. The summed E-state index contributed by atoms with van der Waals surface area (Å²) in [6.45, 7) is 5.29. The van der Waals surface area contributed by atoms with E-state index < -0.39 is 0 Å². The molecule has 0 spiro atoms. The Morgan fingerprint density at radius 3 is 2.85 bits per heavy atom. The number of aromatic amines is 1. The van der Waals surface area contributed by atoms with Crippen molar-refractivity contribution in [1.29, 1.82) is 0 Å². The van der Waals surface area contributed by atoms with E-state index in [9.17, 15) is 0 Å². The molecule has 2 aromatic heterocycles. The molecule has 0 saturated heterocycles. The van der Waals surface area contributed by atoms with Crippen molar-refractivity contribution in [2.24, 2.45) is 5.92 Å². The summed E-state index contributed by atoms with van der Waals surface area (Å²) < 4.78 is 2.29. The van der Waals surface area contributed by atoms with E-state index in [0.717, 1.165) is 32.0 Å². The first-order chi connectivity index (χ1) is 13.3. The van der Waals surface area contributed by atoms with Gasteiger partial charge < -0.3 is 9.55 Å². The summed E-state index contributed by atoms with van der Waals surface area (Å²) in [6, 6.07) is 9.36. The van der Waals surface area contributed by atoms with Crippen LogP contribution in [0.3, 0.4) is 0 Å². The smallest absolute Gasteiger partial charge is 0.122 e. The van der Waals surface area contributed by atoms with Crippen LogP contribution in [0.25, 0.3) is 10.9 Å². The standard InChI is InChI=1S/C23H30N4/c1-2-26-15-13-24-21(26)16-27-14-12-19-18-10-6-7-11-20(18)25-22(19)23(27)17-8-4-3-5-9-17/h6-7,10-11,13,15,17,23,25H,2-5,8-9,12,14,16H2,1H3/t23-/m0/s1. The number of nitrogens with one attached hydrogen (secondary N) is 1. The van der Waals surface area contributed by atoms with Crippen LogP contribution in [0.15, 0.2) is 36.7 Å². The molecule has 4 heteroatoms. The number of imidazole rings is 1. The number of nitrogens with zero attached hydrogens (tertiary/aromatic N) is 3. The molecule has 3 heterocycles. The zero-order valence-electron chi connectivity index (χ0n) is 16.3. The second-order valence-corrected chi connectivity index (χ2v) is 8.26. The molecule has 0 bridgehead atoms. The van der Waals surface area contributed by atoms with Gasteiger partial charge in [-0.2, -0.15) is 0 Å². The fourth-order valence-corrected chi connectivity index (χ4v) is 5.44. The predicted octanol–water partition coefficient (Wildman–Crippen LogP) is 5.06. The number of hydrogen-bond acceptors (Lipinski definition) is 2. The highest BCUT2D eigenvalue weighted by atomic mass is 15.2. The van der Waals surface area contributed by atoms with E-state index in [1.807, 2.05) is 6.20 Å². The highest BCUT2D eigenvalue weighted by molar-refractivity contribution is 5.85. The third-order valence-electron chi connectivity index (χ3n) is 6.77. The molecule has 1 fully saturated rings. The molecule has 0 amide bonds. The van der Waals surface area contributed by atoms with E-state index in [0.29, 0.717) is 6.04 Å². The third-order valence-corrected chi connectivity index (χ3v) is 6.77. The first kappa shape index (κ1) is 17.1. The average molecular weight is 363 g/mol. The summed E-state index contributed by atoms with van der Waals surface area (Å²) in [5.41, 5.74) is 4.36. The van der Waals surface area contributed by atoms with Crippen LogP contribution >= 0.6 is 0 Å². The SMILES string of the molecule is CCn1ccnc1CN1CCc2c([nH]c3ccccc23)[C@@H]1C1CCCCC1. The Bertz CT molecular complexity index is 916. The fourth-order valence-electron chi connectivity index (χ4n) is 5.44. The van der Waals surface area contributed by atoms with Crippen LogP contribution in [-0.4, -0.2) is 26.0 Å². The minimum absolute atomic E-state index is 0.503. The normalized spacial score (nSPS) is 21.6. The molecule has 27 heavy (non-hydrogen) atoms. The van der Waals surface area contributed by atoms with Crippen molar-refractivity contribution in [2.75, 3.05) is 6.54 Å². The second kappa shape index (κ2) is 7.16. The van der Waals surface area contributed by atoms with Gasteiger partial charge in [-0.05, 0) is 43.7 Å². The second-order valence-electron chi connectivity index (χ2n) is 8.26. The molecule has 5 rings (SSSR count). The first-order valence-electron chi connectivity index (χ1n) is 10.7. The van der Waals surface area contributed by atoms with Gasteiger partial charge in [0.05, 0.1) is 12.6 Å². The minimum atomic E-state index is 0.503. The molecule has 3 aromatic rings. The topological polar surface area (TPSA) is 36.9 Å². The monoisotopic (exact) mass is 362 g/mol. The lowest BCUT2D eigenvalue weighted by atomic mass is 9.79. The van der Waals surface area contributed by atoms with Crippen molar-refractivity contribution in [3.63, 3.8) is 0 Å². The van der Waals surface area contributed by atoms with Crippen molar-refractivity contribution in [3.05, 3.63) is 53.7 Å². The molecule has 1 aliphatic carbocycles. The zero-order valence-corrected chi connectivity index (χ0v) is 16.3. The number of benzene rings is 1. The Labute approximate surface area is 161 Å². The van der Waals surface area contributed by atoms with Gasteiger partial charge >= 0.3 is 0 Å². The maximum Gasteiger partial charge on any atom is 0.122 e. The summed E-state index contributed by atoms with van der Waals surface area (Å²) in [5.74, 6) is 1.97. The van der Waals surface area contributed by atoms with Crippen molar-refractivity contribution in [2.45, 2.75) is 64.6 Å². The van der Waals surface area contributed by atoms with Crippen LogP contribution in [0, 0.1) is 5.92 Å². The quantitative estimate of drug-likeness (QED) is 0.704. The molecule has 1 aliphatic heterocycles. The zero-order chi connectivity index (χ0) is 18.2. The molecule has 1 N–H and O–H groups in total. The van der Waals surface area contributed by atoms with Crippen molar-refractivity contribution in [1.82, 2.24) is 19.4 Å². The maximum absolute atomic E-state index is 4.67. The Morgan fingerprint density at radius 2 is 2.00 bits per heavy atom. The van der Waals surface area contributed by atoms with Crippen molar-refractivity contribution in [3.8, 4) is 0 Å². The van der Waals surface area contributed by atoms with Gasteiger partial charge in [-0.1, -0.05) is 37.5 Å². The van der Waals surface area contributed by atoms with Gasteiger partial charge in [-0.3, -0.25) is 4.90 Å². The number of para-hydroxylation sites is 1. The average Bonchev–Trinajstić information content (AvgIpc) is 3.32. The van der Waals surface area contributed by atoms with Crippen LogP contribution in [0.1, 0.15) is 62.2 Å². The van der Waals surface area contributed by atoms with Crippen LogP contribution in [0.5, 0.6) is 0 Å². The van der Waals surface area contributed by atoms with E-state index in [-0.39, 0.29) is 0 Å². The molecule has 0 radical (unpaired) electrons. The number of aryl methyl sites for hydroxylation is 1. The number of aromatic nitrogens is 3. The molecule has 4 nitrogen and oxygen atoms in total. The van der Waals surface area contributed by atoms with Gasteiger partial charge in [0.15, 0.2) is 0 Å². The predicted molar refractivity (Wildman–Crippen MR) is 110 cm³/mol. The summed E-state index contributed by atoms with van der Waals surface area (Å²) in [6.07, 6.45) is 12.1. The summed E-state index contributed by atoms with van der Waals surface area (Å²) in [5, 5.41) is 1.43. The molecule has 1 aromatic carbocycles. The van der Waals surface area contributed by atoms with E-state index in [1.54, 1.807) is 5.56 Å². The minimum Gasteiger partial charge on any atom is -0.357 e. The van der Waals surface area contributed by atoms with Crippen molar-refractivity contribution < 1.29 is 0 Å². The Morgan fingerprint density at radius 1 is 1.15 bits per heavy atom. The van der Waals surface area contributed by atoms with Gasteiger partial charge in [0, 0.05) is 42.1 Å². The van der Waals surface area contributed by atoms with E-state index >= 15 is 0 Å². The van der Waals surface area contributed by atoms with Crippen LogP contribution in [0.4, 0.5) is 0 Å². The van der Waals surface area contributed by atoms with Crippen molar-refractivity contribution >= 4 is 10.9 Å². The molecular formula is C23H30N4. The van der Waals surface area contributed by atoms with Gasteiger partial charge in [0.25, 0.3) is 0 Å². The van der Waals surface area contributed by atoms with Gasteiger partial charge in [-0.25, -0.2) is 4.98 Å². The fraction of sp³-hybridized carbons (Fsp3) is 0.522. The van der Waals surface area contributed by atoms with E-state index in [1.165, 1.54) is 54.5 Å². The number of fused-ring (bicyclic) bond motifs is 3. The third kappa shape index (κ3) is 3.00. The summed E-state index contributed by atoms with van der Waals surface area (Å²) in [7, 11) is 0. The molecule has 1 atom stereocenters. The number of H-pyrrole nitrogens is 1.